The predicted octanol–water partition coefficient (Wildman–Crippen LogP) is 3.28. The summed E-state index contributed by atoms with van der Waals surface area (Å²) < 4.78 is 31.4. The van der Waals surface area contributed by atoms with Gasteiger partial charge in [0.05, 0.1) is 18.1 Å². The number of nitrogens with zero attached hydrogens (tertiary/aromatic N) is 1. The van der Waals surface area contributed by atoms with Crippen molar-refractivity contribution in [2.24, 2.45) is 5.92 Å². The zero-order chi connectivity index (χ0) is 22.5. The van der Waals surface area contributed by atoms with Gasteiger partial charge < -0.3 is 9.64 Å². The molecule has 0 spiro atoms. The molecule has 3 amide bonds. The predicted molar refractivity (Wildman–Crippen MR) is 120 cm³/mol. The van der Waals surface area contributed by atoms with Crippen LogP contribution in [0.3, 0.4) is 0 Å². The first-order chi connectivity index (χ1) is 14.7. The van der Waals surface area contributed by atoms with E-state index in [1.807, 2.05) is 24.3 Å². The minimum Gasteiger partial charge on any atom is -0.493 e. The lowest BCUT2D eigenvalue weighted by molar-refractivity contribution is -0.121. The number of rotatable bonds is 12. The molecule has 0 unspecified atom stereocenters. The standard InChI is InChI=1S/C23H34N2O5S/c1-18(2)16-30-20-8-6-7-19(15-20)23(10-11-23)17-31(28,29)14-5-3-4-12-25-13-9-21(26)24-22(25)27/h6-8,15,18H,3-5,9-14,16-17H2,1-2H3,(H,24,26,27). The molecule has 2 fully saturated rings. The van der Waals surface area contributed by atoms with E-state index in [0.717, 1.165) is 37.0 Å². The van der Waals surface area contributed by atoms with Gasteiger partial charge in [0.1, 0.15) is 5.75 Å². The number of imide groups is 1. The minimum absolute atomic E-state index is 0.170. The van der Waals surface area contributed by atoms with E-state index in [1.54, 1.807) is 4.90 Å². The highest BCUT2D eigenvalue weighted by atomic mass is 32.2. The van der Waals surface area contributed by atoms with Gasteiger partial charge in [-0.15, -0.1) is 0 Å². The number of nitrogens with one attached hydrogen (secondary N) is 1. The van der Waals surface area contributed by atoms with Gasteiger partial charge in [-0.2, -0.15) is 0 Å². The first-order valence-electron chi connectivity index (χ1n) is 11.2. The molecule has 1 aliphatic heterocycles. The van der Waals surface area contributed by atoms with Crippen LogP contribution in [-0.4, -0.2) is 56.5 Å². The van der Waals surface area contributed by atoms with E-state index in [0.29, 0.717) is 38.5 Å². The summed E-state index contributed by atoms with van der Waals surface area (Å²) in [5.41, 5.74) is 0.789. The van der Waals surface area contributed by atoms with E-state index in [-0.39, 0.29) is 28.9 Å². The van der Waals surface area contributed by atoms with Gasteiger partial charge >= 0.3 is 6.03 Å². The SMILES string of the molecule is CC(C)COc1cccc(C2(CS(=O)(=O)CCCCCN3CCC(=O)NC3=O)CC2)c1. The van der Waals surface area contributed by atoms with Gasteiger partial charge in [0.25, 0.3) is 0 Å². The first-order valence-corrected chi connectivity index (χ1v) is 13.0. The number of sulfone groups is 1. The Balaban J connectivity index is 1.44. The van der Waals surface area contributed by atoms with Crippen molar-refractivity contribution in [3.63, 3.8) is 0 Å². The third-order valence-corrected chi connectivity index (χ3v) is 7.81. The van der Waals surface area contributed by atoms with Crippen LogP contribution in [0.2, 0.25) is 0 Å². The molecule has 3 rings (SSSR count). The Bertz CT molecular complexity index is 893. The smallest absolute Gasteiger partial charge is 0.324 e. The van der Waals surface area contributed by atoms with E-state index in [1.165, 1.54) is 0 Å². The average molecular weight is 451 g/mol. The second-order valence-electron chi connectivity index (χ2n) is 9.26. The van der Waals surface area contributed by atoms with Crippen LogP contribution in [-0.2, 0) is 20.0 Å². The van der Waals surface area contributed by atoms with Crippen LogP contribution in [0.25, 0.3) is 0 Å². The number of ether oxygens (including phenoxy) is 1. The molecule has 2 aliphatic rings. The third-order valence-electron chi connectivity index (χ3n) is 5.91. The molecule has 1 saturated heterocycles. The lowest BCUT2D eigenvalue weighted by Crippen LogP contribution is -2.49. The first kappa shape index (κ1) is 23.6. The molecule has 1 saturated carbocycles. The Labute approximate surface area is 185 Å². The number of carbonyl (C=O) groups excluding carboxylic acids is 2. The Hall–Kier alpha value is -2.09. The van der Waals surface area contributed by atoms with Crippen molar-refractivity contribution in [1.29, 1.82) is 0 Å². The quantitative estimate of drug-likeness (QED) is 0.493. The van der Waals surface area contributed by atoms with Crippen molar-refractivity contribution in [3.05, 3.63) is 29.8 Å². The number of hydrogen-bond acceptors (Lipinski definition) is 5. The van der Waals surface area contributed by atoms with Gasteiger partial charge in [-0.25, -0.2) is 13.2 Å². The fourth-order valence-corrected chi connectivity index (χ4v) is 6.04. The van der Waals surface area contributed by atoms with Crippen molar-refractivity contribution in [2.75, 3.05) is 31.2 Å². The van der Waals surface area contributed by atoms with Gasteiger partial charge in [0.2, 0.25) is 5.91 Å². The van der Waals surface area contributed by atoms with Crippen molar-refractivity contribution >= 4 is 21.8 Å². The summed E-state index contributed by atoms with van der Waals surface area (Å²) in [7, 11) is -3.17. The summed E-state index contributed by atoms with van der Waals surface area (Å²) in [4.78, 5) is 24.5. The summed E-state index contributed by atoms with van der Waals surface area (Å²) >= 11 is 0. The summed E-state index contributed by atoms with van der Waals surface area (Å²) in [6.07, 6.45) is 4.17. The van der Waals surface area contributed by atoms with Crippen LogP contribution in [0.4, 0.5) is 4.79 Å². The average Bonchev–Trinajstić information content (AvgIpc) is 3.48. The van der Waals surface area contributed by atoms with E-state index >= 15 is 0 Å². The number of unbranched alkanes of at least 4 members (excludes halogenated alkanes) is 2. The molecule has 0 aromatic heterocycles. The number of carbonyl (C=O) groups is 2. The number of benzene rings is 1. The molecule has 0 bridgehead atoms. The van der Waals surface area contributed by atoms with Crippen molar-refractivity contribution in [1.82, 2.24) is 10.2 Å². The molecule has 0 radical (unpaired) electrons. The Morgan fingerprint density at radius 3 is 2.61 bits per heavy atom. The van der Waals surface area contributed by atoms with Crippen LogP contribution in [0, 0.1) is 5.92 Å². The topological polar surface area (TPSA) is 92.8 Å². The van der Waals surface area contributed by atoms with Crippen LogP contribution >= 0.6 is 0 Å². The maximum Gasteiger partial charge on any atom is 0.324 e. The highest BCUT2D eigenvalue weighted by Crippen LogP contribution is 2.50. The van der Waals surface area contributed by atoms with Crippen LogP contribution in [0.1, 0.15) is 57.9 Å². The highest BCUT2D eigenvalue weighted by Gasteiger charge is 2.47. The summed E-state index contributed by atoms with van der Waals surface area (Å²) in [5.74, 6) is 1.36. The van der Waals surface area contributed by atoms with E-state index < -0.39 is 9.84 Å². The Kier molecular flexibility index (Phi) is 7.62. The third kappa shape index (κ3) is 6.95. The summed E-state index contributed by atoms with van der Waals surface area (Å²) in [6.45, 7) is 5.82. The minimum atomic E-state index is -3.17. The molecule has 0 atom stereocenters. The van der Waals surface area contributed by atoms with Gasteiger partial charge in [0.15, 0.2) is 9.84 Å². The summed E-state index contributed by atoms with van der Waals surface area (Å²) in [6, 6.07) is 7.54. The molecule has 7 nitrogen and oxygen atoms in total. The molecule has 1 aromatic carbocycles. The van der Waals surface area contributed by atoms with Crippen LogP contribution in [0.15, 0.2) is 24.3 Å². The molecular weight excluding hydrogens is 416 g/mol. The molecule has 172 valence electrons. The van der Waals surface area contributed by atoms with E-state index in [4.69, 9.17) is 4.74 Å². The van der Waals surface area contributed by atoms with Crippen LogP contribution < -0.4 is 10.1 Å². The maximum absolute atomic E-state index is 12.8. The monoisotopic (exact) mass is 450 g/mol. The second-order valence-corrected chi connectivity index (χ2v) is 11.4. The highest BCUT2D eigenvalue weighted by molar-refractivity contribution is 7.91. The second kappa shape index (κ2) is 10.0. The van der Waals surface area contributed by atoms with E-state index in [2.05, 4.69) is 19.2 Å². The lowest BCUT2D eigenvalue weighted by Gasteiger charge is -2.26. The summed E-state index contributed by atoms with van der Waals surface area (Å²) in [5, 5.41) is 2.30. The largest absolute Gasteiger partial charge is 0.493 e. The number of hydrogen-bond donors (Lipinski definition) is 1. The Morgan fingerprint density at radius 1 is 1.16 bits per heavy atom. The molecule has 1 aliphatic carbocycles. The molecular formula is C23H34N2O5S. The van der Waals surface area contributed by atoms with Gasteiger partial charge in [0, 0.05) is 24.9 Å². The van der Waals surface area contributed by atoms with Gasteiger partial charge in [-0.05, 0) is 49.3 Å². The fourth-order valence-electron chi connectivity index (χ4n) is 3.95. The van der Waals surface area contributed by atoms with Crippen LogP contribution in [0.5, 0.6) is 5.75 Å². The molecule has 1 heterocycles. The Morgan fingerprint density at radius 2 is 1.94 bits per heavy atom. The molecule has 1 N–H and O–H groups in total. The van der Waals surface area contributed by atoms with Gasteiger partial charge in [-0.1, -0.05) is 32.4 Å². The van der Waals surface area contributed by atoms with Gasteiger partial charge in [-0.3, -0.25) is 10.1 Å². The maximum atomic E-state index is 12.8. The van der Waals surface area contributed by atoms with Crippen molar-refractivity contribution in [2.45, 2.75) is 57.8 Å². The van der Waals surface area contributed by atoms with Crippen molar-refractivity contribution in [3.8, 4) is 5.75 Å². The zero-order valence-electron chi connectivity index (χ0n) is 18.6. The molecule has 31 heavy (non-hydrogen) atoms. The number of urea groups is 1. The fraction of sp³-hybridized carbons (Fsp3) is 0.652. The molecule has 1 aromatic rings. The van der Waals surface area contributed by atoms with Crippen molar-refractivity contribution < 1.29 is 22.7 Å². The van der Waals surface area contributed by atoms with E-state index in [9.17, 15) is 18.0 Å². The lowest BCUT2D eigenvalue weighted by atomic mass is 9.98. The molecule has 8 heteroatoms. The normalized spacial score (nSPS) is 18.2. The zero-order valence-corrected chi connectivity index (χ0v) is 19.4. The number of amides is 3.